The average Bonchev–Trinajstić information content (AvgIpc) is 2.48. The molecule has 1 aromatic heterocycles. The molecule has 1 heterocycles. The highest BCUT2D eigenvalue weighted by atomic mass is 16.6. The van der Waals surface area contributed by atoms with E-state index in [1.807, 2.05) is 0 Å². The Morgan fingerprint density at radius 2 is 2.20 bits per heavy atom. The van der Waals surface area contributed by atoms with Crippen molar-refractivity contribution in [1.29, 1.82) is 0 Å². The van der Waals surface area contributed by atoms with Gasteiger partial charge in [-0.2, -0.15) is 0 Å². The van der Waals surface area contributed by atoms with E-state index in [0.717, 1.165) is 11.3 Å². The van der Waals surface area contributed by atoms with Crippen molar-refractivity contribution in [3.05, 3.63) is 58.2 Å². The Bertz CT molecular complexity index is 589. The molecule has 0 saturated carbocycles. The number of nitro groups is 1. The van der Waals surface area contributed by atoms with Crippen molar-refractivity contribution in [2.45, 2.75) is 13.1 Å². The first-order valence-corrected chi connectivity index (χ1v) is 5.97. The number of rotatable bonds is 6. The summed E-state index contributed by atoms with van der Waals surface area (Å²) in [5.41, 5.74) is 1.63. The number of benzene rings is 1. The van der Waals surface area contributed by atoms with Crippen LogP contribution in [0.4, 0.5) is 5.69 Å². The fourth-order valence-corrected chi connectivity index (χ4v) is 1.76. The van der Waals surface area contributed by atoms with Gasteiger partial charge in [-0.1, -0.05) is 0 Å². The molecule has 0 aliphatic carbocycles. The molecular formula is C13H14N4O3. The molecule has 0 aliphatic heterocycles. The standard InChI is InChI=1S/C13H14N4O3/c1-20-13-3-2-12(17(18)19)6-10(13)7-15-8-11-4-5-14-9-16-11/h2-6,9,15H,7-8H2,1H3. The minimum Gasteiger partial charge on any atom is -0.496 e. The fourth-order valence-electron chi connectivity index (χ4n) is 1.76. The number of nitrogens with zero attached hydrogens (tertiary/aromatic N) is 3. The molecule has 1 N–H and O–H groups in total. The van der Waals surface area contributed by atoms with Crippen LogP contribution in [0.25, 0.3) is 0 Å². The Hall–Kier alpha value is -2.54. The second-order valence-corrected chi connectivity index (χ2v) is 4.06. The highest BCUT2D eigenvalue weighted by Crippen LogP contribution is 2.23. The van der Waals surface area contributed by atoms with Crippen molar-refractivity contribution in [2.75, 3.05) is 7.11 Å². The summed E-state index contributed by atoms with van der Waals surface area (Å²) in [6.07, 6.45) is 3.14. The van der Waals surface area contributed by atoms with Gasteiger partial charge in [0.2, 0.25) is 0 Å². The van der Waals surface area contributed by atoms with Crippen LogP contribution in [-0.2, 0) is 13.1 Å². The summed E-state index contributed by atoms with van der Waals surface area (Å²) in [6.45, 7) is 1.00. The van der Waals surface area contributed by atoms with Crippen molar-refractivity contribution >= 4 is 5.69 Å². The zero-order chi connectivity index (χ0) is 14.4. The monoisotopic (exact) mass is 274 g/mol. The van der Waals surface area contributed by atoms with Gasteiger partial charge in [-0.3, -0.25) is 10.1 Å². The maximum Gasteiger partial charge on any atom is 0.270 e. The van der Waals surface area contributed by atoms with E-state index in [1.54, 1.807) is 18.3 Å². The predicted octanol–water partition coefficient (Wildman–Crippen LogP) is 1.68. The van der Waals surface area contributed by atoms with Gasteiger partial charge in [-0.15, -0.1) is 0 Å². The van der Waals surface area contributed by atoms with E-state index >= 15 is 0 Å². The molecule has 1 aromatic carbocycles. The topological polar surface area (TPSA) is 90.2 Å². The normalized spacial score (nSPS) is 10.2. The minimum atomic E-state index is -0.423. The molecule has 0 atom stereocenters. The van der Waals surface area contributed by atoms with Crippen molar-refractivity contribution in [3.63, 3.8) is 0 Å². The second-order valence-electron chi connectivity index (χ2n) is 4.06. The lowest BCUT2D eigenvalue weighted by Crippen LogP contribution is -2.14. The van der Waals surface area contributed by atoms with E-state index in [2.05, 4.69) is 15.3 Å². The van der Waals surface area contributed by atoms with Gasteiger partial charge in [-0.25, -0.2) is 9.97 Å². The molecule has 0 saturated heterocycles. The molecule has 7 heteroatoms. The van der Waals surface area contributed by atoms with E-state index in [0.29, 0.717) is 18.8 Å². The number of methoxy groups -OCH3 is 1. The molecule has 2 rings (SSSR count). The van der Waals surface area contributed by atoms with Crippen LogP contribution in [0.15, 0.2) is 36.8 Å². The van der Waals surface area contributed by atoms with Crippen LogP contribution in [0, 0.1) is 10.1 Å². The number of hydrogen-bond donors (Lipinski definition) is 1. The van der Waals surface area contributed by atoms with Gasteiger partial charge < -0.3 is 10.1 Å². The second kappa shape index (κ2) is 6.58. The van der Waals surface area contributed by atoms with E-state index in [4.69, 9.17) is 4.74 Å². The first kappa shape index (κ1) is 13.9. The molecule has 20 heavy (non-hydrogen) atoms. The third-order valence-corrected chi connectivity index (χ3v) is 2.74. The van der Waals surface area contributed by atoms with E-state index < -0.39 is 4.92 Å². The van der Waals surface area contributed by atoms with E-state index in [-0.39, 0.29) is 5.69 Å². The molecule has 2 aromatic rings. The molecule has 0 amide bonds. The molecule has 0 spiro atoms. The molecular weight excluding hydrogens is 260 g/mol. The fraction of sp³-hybridized carbons (Fsp3) is 0.231. The van der Waals surface area contributed by atoms with Crippen molar-refractivity contribution in [3.8, 4) is 5.75 Å². The van der Waals surface area contributed by atoms with Crippen LogP contribution in [0.5, 0.6) is 5.75 Å². The first-order valence-electron chi connectivity index (χ1n) is 5.97. The zero-order valence-electron chi connectivity index (χ0n) is 10.9. The van der Waals surface area contributed by atoms with Crippen LogP contribution in [0.1, 0.15) is 11.3 Å². The number of aromatic nitrogens is 2. The third-order valence-electron chi connectivity index (χ3n) is 2.74. The predicted molar refractivity (Wildman–Crippen MR) is 72.2 cm³/mol. The van der Waals surface area contributed by atoms with Gasteiger partial charge in [0.1, 0.15) is 12.1 Å². The van der Waals surface area contributed by atoms with Gasteiger partial charge >= 0.3 is 0 Å². The van der Waals surface area contributed by atoms with Gasteiger partial charge in [-0.05, 0) is 12.1 Å². The number of ether oxygens (including phenoxy) is 1. The summed E-state index contributed by atoms with van der Waals surface area (Å²) in [5, 5.41) is 13.9. The molecule has 0 bridgehead atoms. The average molecular weight is 274 g/mol. The van der Waals surface area contributed by atoms with Crippen molar-refractivity contribution < 1.29 is 9.66 Å². The maximum atomic E-state index is 10.8. The largest absolute Gasteiger partial charge is 0.496 e. The van der Waals surface area contributed by atoms with Gasteiger partial charge in [0, 0.05) is 37.0 Å². The third kappa shape index (κ3) is 3.48. The summed E-state index contributed by atoms with van der Waals surface area (Å²) in [4.78, 5) is 18.3. The molecule has 0 radical (unpaired) electrons. The van der Waals surface area contributed by atoms with Gasteiger partial charge in [0.05, 0.1) is 17.7 Å². The van der Waals surface area contributed by atoms with Crippen LogP contribution in [-0.4, -0.2) is 22.0 Å². The Morgan fingerprint density at radius 3 is 2.85 bits per heavy atom. The number of nitro benzene ring substituents is 1. The lowest BCUT2D eigenvalue weighted by atomic mass is 10.1. The molecule has 0 aliphatic rings. The Labute approximate surface area is 115 Å². The van der Waals surface area contributed by atoms with Gasteiger partial charge in [0.25, 0.3) is 5.69 Å². The summed E-state index contributed by atoms with van der Waals surface area (Å²) < 4.78 is 5.19. The van der Waals surface area contributed by atoms with Crippen LogP contribution < -0.4 is 10.1 Å². The molecule has 0 fully saturated rings. The van der Waals surface area contributed by atoms with E-state index in [1.165, 1.54) is 25.6 Å². The summed E-state index contributed by atoms with van der Waals surface area (Å²) in [6, 6.07) is 6.33. The quantitative estimate of drug-likeness (QED) is 0.636. The van der Waals surface area contributed by atoms with Crippen molar-refractivity contribution in [1.82, 2.24) is 15.3 Å². The smallest absolute Gasteiger partial charge is 0.270 e. The Balaban J connectivity index is 2.04. The van der Waals surface area contributed by atoms with Crippen molar-refractivity contribution in [2.24, 2.45) is 0 Å². The first-order chi connectivity index (χ1) is 9.70. The summed E-state index contributed by atoms with van der Waals surface area (Å²) in [7, 11) is 1.54. The SMILES string of the molecule is COc1ccc([N+](=O)[O-])cc1CNCc1ccncn1. The number of non-ortho nitro benzene ring substituents is 1. The molecule has 7 nitrogen and oxygen atoms in total. The molecule has 0 unspecified atom stereocenters. The Morgan fingerprint density at radius 1 is 1.35 bits per heavy atom. The highest BCUT2D eigenvalue weighted by molar-refractivity contribution is 5.43. The van der Waals surface area contributed by atoms with Crippen LogP contribution in [0.3, 0.4) is 0 Å². The van der Waals surface area contributed by atoms with Crippen LogP contribution in [0.2, 0.25) is 0 Å². The lowest BCUT2D eigenvalue weighted by Gasteiger charge is -2.09. The summed E-state index contributed by atoms with van der Waals surface area (Å²) in [5.74, 6) is 0.616. The van der Waals surface area contributed by atoms with E-state index in [9.17, 15) is 10.1 Å². The highest BCUT2D eigenvalue weighted by Gasteiger charge is 2.10. The number of nitrogens with one attached hydrogen (secondary N) is 1. The summed E-state index contributed by atoms with van der Waals surface area (Å²) >= 11 is 0. The van der Waals surface area contributed by atoms with Gasteiger partial charge in [0.15, 0.2) is 0 Å². The Kier molecular flexibility index (Phi) is 4.56. The minimum absolute atomic E-state index is 0.0460. The van der Waals surface area contributed by atoms with Crippen LogP contribution >= 0.6 is 0 Å². The maximum absolute atomic E-state index is 10.8. The molecule has 104 valence electrons. The number of hydrogen-bond acceptors (Lipinski definition) is 6. The lowest BCUT2D eigenvalue weighted by molar-refractivity contribution is -0.384. The zero-order valence-corrected chi connectivity index (χ0v) is 10.9.